The Hall–Kier alpha value is -2.24. The Morgan fingerprint density at radius 2 is 2.14 bits per heavy atom. The molecule has 1 fully saturated rings. The van der Waals surface area contributed by atoms with Crippen molar-refractivity contribution >= 4 is 22.6 Å². The Balaban J connectivity index is 2.12. The van der Waals surface area contributed by atoms with Gasteiger partial charge in [0.05, 0.1) is 5.41 Å². The predicted octanol–water partition coefficient (Wildman–Crippen LogP) is 3.12. The van der Waals surface area contributed by atoms with Crippen LogP contribution in [0.5, 0.6) is 0 Å². The van der Waals surface area contributed by atoms with E-state index in [0.717, 1.165) is 6.07 Å². The van der Waals surface area contributed by atoms with Crippen LogP contribution in [-0.4, -0.2) is 29.1 Å². The number of aliphatic carboxylic acids is 1. The maximum absolute atomic E-state index is 14.0. The second-order valence-electron chi connectivity index (χ2n) is 6.08. The van der Waals surface area contributed by atoms with Gasteiger partial charge in [0.25, 0.3) is 0 Å². The van der Waals surface area contributed by atoms with Gasteiger partial charge in [0.2, 0.25) is 0 Å². The molecule has 116 valence electrons. The second-order valence-corrected chi connectivity index (χ2v) is 6.08. The van der Waals surface area contributed by atoms with Gasteiger partial charge < -0.3 is 10.0 Å². The monoisotopic (exact) mass is 306 g/mol. The number of aryl methyl sites for hydroxylation is 1. The summed E-state index contributed by atoms with van der Waals surface area (Å²) >= 11 is 0. The third-order valence-corrected chi connectivity index (χ3v) is 4.31. The Morgan fingerprint density at radius 3 is 2.77 bits per heavy atom. The van der Waals surface area contributed by atoms with Crippen LogP contribution in [0, 0.1) is 24.0 Å². The van der Waals surface area contributed by atoms with Gasteiger partial charge in [0, 0.05) is 29.9 Å². The van der Waals surface area contributed by atoms with Gasteiger partial charge in [0.1, 0.15) is 5.52 Å². The lowest BCUT2D eigenvalue weighted by atomic mass is 9.90. The minimum atomic E-state index is -0.970. The molecule has 0 aliphatic carbocycles. The van der Waals surface area contributed by atoms with Crippen molar-refractivity contribution in [1.29, 1.82) is 0 Å². The van der Waals surface area contributed by atoms with Crippen molar-refractivity contribution in [2.24, 2.45) is 5.41 Å². The summed E-state index contributed by atoms with van der Waals surface area (Å²) in [6.45, 7) is 4.30. The van der Waals surface area contributed by atoms with Crippen molar-refractivity contribution in [3.05, 3.63) is 35.5 Å². The molecule has 1 aliphatic heterocycles. The fourth-order valence-corrected chi connectivity index (χ4v) is 2.94. The normalized spacial score (nSPS) is 21.5. The summed E-state index contributed by atoms with van der Waals surface area (Å²) in [5.41, 5.74) is 0.420. The van der Waals surface area contributed by atoms with Crippen molar-refractivity contribution < 1.29 is 18.7 Å². The maximum Gasteiger partial charge on any atom is 0.311 e. The SMILES string of the molecule is Cc1cc(N2CCC(C)(C(=O)O)C2)c2ccc(F)c(F)c2n1. The van der Waals surface area contributed by atoms with E-state index in [0.29, 0.717) is 36.3 Å². The predicted molar refractivity (Wildman–Crippen MR) is 79.0 cm³/mol. The van der Waals surface area contributed by atoms with Crippen LogP contribution in [0.3, 0.4) is 0 Å². The van der Waals surface area contributed by atoms with Gasteiger partial charge in [-0.3, -0.25) is 4.79 Å². The van der Waals surface area contributed by atoms with E-state index in [1.807, 2.05) is 4.90 Å². The zero-order valence-electron chi connectivity index (χ0n) is 12.4. The average molecular weight is 306 g/mol. The molecule has 0 radical (unpaired) electrons. The molecule has 6 heteroatoms. The molecule has 4 nitrogen and oxygen atoms in total. The van der Waals surface area contributed by atoms with Crippen LogP contribution in [0.2, 0.25) is 0 Å². The number of hydrogen-bond donors (Lipinski definition) is 1. The lowest BCUT2D eigenvalue weighted by molar-refractivity contribution is -0.146. The molecule has 1 N–H and O–H groups in total. The van der Waals surface area contributed by atoms with Gasteiger partial charge >= 0.3 is 5.97 Å². The van der Waals surface area contributed by atoms with Crippen molar-refractivity contribution in [3.63, 3.8) is 0 Å². The van der Waals surface area contributed by atoms with E-state index in [-0.39, 0.29) is 5.52 Å². The van der Waals surface area contributed by atoms with Gasteiger partial charge in [-0.1, -0.05) is 0 Å². The van der Waals surface area contributed by atoms with Crippen LogP contribution in [0.4, 0.5) is 14.5 Å². The quantitative estimate of drug-likeness (QED) is 0.926. The van der Waals surface area contributed by atoms with Crippen molar-refractivity contribution in [2.75, 3.05) is 18.0 Å². The first-order valence-corrected chi connectivity index (χ1v) is 7.05. The first-order valence-electron chi connectivity index (χ1n) is 7.05. The number of carboxylic acids is 1. The first kappa shape index (κ1) is 14.7. The van der Waals surface area contributed by atoms with Gasteiger partial charge in [-0.15, -0.1) is 0 Å². The molecule has 3 rings (SSSR count). The van der Waals surface area contributed by atoms with Gasteiger partial charge in [-0.05, 0) is 38.5 Å². The van der Waals surface area contributed by atoms with Crippen LogP contribution >= 0.6 is 0 Å². The second kappa shape index (κ2) is 4.90. The Bertz CT molecular complexity index is 778. The molecular weight excluding hydrogens is 290 g/mol. The van der Waals surface area contributed by atoms with E-state index in [9.17, 15) is 18.7 Å². The minimum Gasteiger partial charge on any atom is -0.481 e. The highest BCUT2D eigenvalue weighted by Gasteiger charge is 2.41. The highest BCUT2D eigenvalue weighted by atomic mass is 19.2. The van der Waals surface area contributed by atoms with Gasteiger partial charge in [-0.2, -0.15) is 0 Å². The van der Waals surface area contributed by atoms with Crippen LogP contribution in [0.15, 0.2) is 18.2 Å². The lowest BCUT2D eigenvalue weighted by Gasteiger charge is -2.23. The number of benzene rings is 1. The summed E-state index contributed by atoms with van der Waals surface area (Å²) in [5.74, 6) is -2.75. The summed E-state index contributed by atoms with van der Waals surface area (Å²) in [5, 5.41) is 9.84. The van der Waals surface area contributed by atoms with E-state index in [2.05, 4.69) is 4.98 Å². The number of pyridine rings is 1. The van der Waals surface area contributed by atoms with Crippen LogP contribution < -0.4 is 4.90 Å². The third kappa shape index (κ3) is 2.19. The fraction of sp³-hybridized carbons (Fsp3) is 0.375. The maximum atomic E-state index is 14.0. The lowest BCUT2D eigenvalue weighted by Crippen LogP contribution is -2.31. The van der Waals surface area contributed by atoms with Gasteiger partial charge in [0.15, 0.2) is 11.6 Å². The summed E-state index contributed by atoms with van der Waals surface area (Å²) in [4.78, 5) is 17.4. The minimum absolute atomic E-state index is 0.0149. The van der Waals surface area contributed by atoms with E-state index in [1.54, 1.807) is 19.9 Å². The third-order valence-electron chi connectivity index (χ3n) is 4.31. The number of hydrogen-bond acceptors (Lipinski definition) is 3. The van der Waals surface area contributed by atoms with Gasteiger partial charge in [-0.25, -0.2) is 13.8 Å². The fourth-order valence-electron chi connectivity index (χ4n) is 2.94. The highest BCUT2D eigenvalue weighted by Crippen LogP contribution is 2.37. The van der Waals surface area contributed by atoms with Crippen molar-refractivity contribution in [3.8, 4) is 0 Å². The molecule has 0 bridgehead atoms. The van der Waals surface area contributed by atoms with Crippen molar-refractivity contribution in [1.82, 2.24) is 4.98 Å². The highest BCUT2D eigenvalue weighted by molar-refractivity contribution is 5.93. The Kier molecular flexibility index (Phi) is 3.27. The molecular formula is C16H16F2N2O2. The molecule has 1 aromatic heterocycles. The molecule has 1 unspecified atom stereocenters. The van der Waals surface area contributed by atoms with Crippen LogP contribution in [0.1, 0.15) is 19.0 Å². The number of anilines is 1. The van der Waals surface area contributed by atoms with E-state index in [1.165, 1.54) is 6.07 Å². The number of fused-ring (bicyclic) bond motifs is 1. The number of halogens is 2. The molecule has 0 saturated carbocycles. The van der Waals surface area contributed by atoms with Crippen LogP contribution in [-0.2, 0) is 4.79 Å². The Morgan fingerprint density at radius 1 is 1.41 bits per heavy atom. The summed E-state index contributed by atoms with van der Waals surface area (Å²) in [6.07, 6.45) is 0.509. The molecule has 0 spiro atoms. The number of nitrogens with zero attached hydrogens (tertiary/aromatic N) is 2. The average Bonchev–Trinajstić information content (AvgIpc) is 2.87. The smallest absolute Gasteiger partial charge is 0.311 e. The number of rotatable bonds is 2. The standard InChI is InChI=1S/C16H16F2N2O2/c1-9-7-12(20-6-5-16(2,8-20)15(21)22)10-3-4-11(17)13(18)14(10)19-9/h3-4,7H,5-6,8H2,1-2H3,(H,21,22). The number of carbonyl (C=O) groups is 1. The number of aromatic nitrogens is 1. The molecule has 2 aromatic rings. The molecule has 1 aromatic carbocycles. The van der Waals surface area contributed by atoms with E-state index < -0.39 is 23.0 Å². The molecule has 0 amide bonds. The van der Waals surface area contributed by atoms with E-state index >= 15 is 0 Å². The number of carboxylic acid groups (broad SMARTS) is 1. The Labute approximate surface area is 126 Å². The summed E-state index contributed by atoms with van der Waals surface area (Å²) < 4.78 is 27.4. The zero-order valence-corrected chi connectivity index (χ0v) is 12.4. The molecule has 1 atom stereocenters. The first-order chi connectivity index (χ1) is 10.3. The summed E-state index contributed by atoms with van der Waals surface area (Å²) in [7, 11) is 0. The topological polar surface area (TPSA) is 53.4 Å². The zero-order chi connectivity index (χ0) is 16.1. The molecule has 22 heavy (non-hydrogen) atoms. The summed E-state index contributed by atoms with van der Waals surface area (Å²) in [6, 6.07) is 4.35. The molecule has 2 heterocycles. The molecule has 1 aliphatic rings. The molecule has 1 saturated heterocycles. The van der Waals surface area contributed by atoms with Crippen LogP contribution in [0.25, 0.3) is 10.9 Å². The van der Waals surface area contributed by atoms with Crippen molar-refractivity contribution in [2.45, 2.75) is 20.3 Å². The van der Waals surface area contributed by atoms with E-state index in [4.69, 9.17) is 0 Å². The largest absolute Gasteiger partial charge is 0.481 e.